The smallest absolute Gasteiger partial charge is 0.122 e. The van der Waals surface area contributed by atoms with Crippen molar-refractivity contribution >= 4 is 0 Å². The molecule has 1 heteroatoms. The second-order valence-electron chi connectivity index (χ2n) is 5.81. The molecule has 0 saturated heterocycles. The van der Waals surface area contributed by atoms with Crippen LogP contribution in [0.25, 0.3) is 0 Å². The molecule has 1 nitrogen and oxygen atoms in total. The van der Waals surface area contributed by atoms with Gasteiger partial charge in [0.25, 0.3) is 0 Å². The van der Waals surface area contributed by atoms with Crippen molar-refractivity contribution in [2.45, 2.75) is 47.0 Å². The van der Waals surface area contributed by atoms with Gasteiger partial charge in [-0.05, 0) is 68.4 Å². The molecule has 0 aliphatic rings. The summed E-state index contributed by atoms with van der Waals surface area (Å²) < 4.78 is 5.80. The van der Waals surface area contributed by atoms with Gasteiger partial charge in [-0.3, -0.25) is 0 Å². The largest absolute Gasteiger partial charge is 0.493 e. The predicted octanol–water partition coefficient (Wildman–Crippen LogP) is 5.19. The molecule has 21 heavy (non-hydrogen) atoms. The van der Waals surface area contributed by atoms with Crippen LogP contribution in [-0.2, 0) is 12.8 Å². The first kappa shape index (κ1) is 15.6. The molecule has 0 radical (unpaired) electrons. The Hall–Kier alpha value is -1.76. The van der Waals surface area contributed by atoms with Crippen molar-refractivity contribution in [2.75, 3.05) is 6.61 Å². The standard InChI is InChI=1S/C20H26O/c1-5-14-21-20-13-12-19(16(3)17(20)4)11-10-18-8-6-15(2)7-9-18/h6-9,12-13H,5,10-11,14H2,1-4H3. The first-order valence-electron chi connectivity index (χ1n) is 7.89. The summed E-state index contributed by atoms with van der Waals surface area (Å²) in [6, 6.07) is 13.2. The van der Waals surface area contributed by atoms with E-state index < -0.39 is 0 Å². The molecule has 0 aliphatic heterocycles. The zero-order valence-corrected chi connectivity index (χ0v) is 13.7. The molecule has 0 aliphatic carbocycles. The van der Waals surface area contributed by atoms with Crippen molar-refractivity contribution in [1.29, 1.82) is 0 Å². The van der Waals surface area contributed by atoms with Gasteiger partial charge in [0.05, 0.1) is 6.61 Å². The maximum absolute atomic E-state index is 5.80. The average Bonchev–Trinajstić information content (AvgIpc) is 2.49. The number of hydrogen-bond acceptors (Lipinski definition) is 1. The van der Waals surface area contributed by atoms with Crippen LogP contribution in [0.4, 0.5) is 0 Å². The quantitative estimate of drug-likeness (QED) is 0.709. The second-order valence-corrected chi connectivity index (χ2v) is 5.81. The third kappa shape index (κ3) is 4.10. The summed E-state index contributed by atoms with van der Waals surface area (Å²) in [5, 5.41) is 0. The Kier molecular flexibility index (Phi) is 5.44. The first-order chi connectivity index (χ1) is 10.1. The highest BCUT2D eigenvalue weighted by atomic mass is 16.5. The molecule has 0 bridgehead atoms. The van der Waals surface area contributed by atoms with E-state index in [2.05, 4.69) is 64.1 Å². The fraction of sp³-hybridized carbons (Fsp3) is 0.400. The van der Waals surface area contributed by atoms with Gasteiger partial charge in [-0.2, -0.15) is 0 Å². The lowest BCUT2D eigenvalue weighted by molar-refractivity contribution is 0.315. The monoisotopic (exact) mass is 282 g/mol. The van der Waals surface area contributed by atoms with E-state index in [0.717, 1.165) is 31.6 Å². The van der Waals surface area contributed by atoms with Crippen LogP contribution in [0, 0.1) is 20.8 Å². The Balaban J connectivity index is 2.06. The van der Waals surface area contributed by atoms with E-state index >= 15 is 0 Å². The molecule has 0 fully saturated rings. The van der Waals surface area contributed by atoms with E-state index in [0.29, 0.717) is 0 Å². The van der Waals surface area contributed by atoms with Crippen molar-refractivity contribution in [2.24, 2.45) is 0 Å². The van der Waals surface area contributed by atoms with Gasteiger partial charge in [-0.15, -0.1) is 0 Å². The fourth-order valence-electron chi connectivity index (χ4n) is 2.52. The maximum Gasteiger partial charge on any atom is 0.122 e. The lowest BCUT2D eigenvalue weighted by Gasteiger charge is -2.14. The van der Waals surface area contributed by atoms with Crippen LogP contribution < -0.4 is 4.74 Å². The maximum atomic E-state index is 5.80. The van der Waals surface area contributed by atoms with Gasteiger partial charge < -0.3 is 4.74 Å². The summed E-state index contributed by atoms with van der Waals surface area (Å²) in [5.41, 5.74) is 6.81. The van der Waals surface area contributed by atoms with Crippen LogP contribution in [0.1, 0.15) is 41.2 Å². The molecule has 0 heterocycles. The van der Waals surface area contributed by atoms with Gasteiger partial charge in [-0.25, -0.2) is 0 Å². The molecule has 0 spiro atoms. The van der Waals surface area contributed by atoms with E-state index in [-0.39, 0.29) is 0 Å². The summed E-state index contributed by atoms with van der Waals surface area (Å²) >= 11 is 0. The zero-order valence-electron chi connectivity index (χ0n) is 13.7. The number of aryl methyl sites for hydroxylation is 3. The predicted molar refractivity (Wildman–Crippen MR) is 90.3 cm³/mol. The number of hydrogen-bond donors (Lipinski definition) is 0. The number of ether oxygens (including phenoxy) is 1. The lowest BCUT2D eigenvalue weighted by Crippen LogP contribution is -2.01. The van der Waals surface area contributed by atoms with E-state index in [9.17, 15) is 0 Å². The van der Waals surface area contributed by atoms with Crippen LogP contribution in [0.2, 0.25) is 0 Å². The fourth-order valence-corrected chi connectivity index (χ4v) is 2.52. The summed E-state index contributed by atoms with van der Waals surface area (Å²) in [7, 11) is 0. The Morgan fingerprint density at radius 2 is 1.52 bits per heavy atom. The summed E-state index contributed by atoms with van der Waals surface area (Å²) in [6.45, 7) is 9.43. The molecular formula is C20H26O. The molecule has 2 rings (SSSR count). The second kappa shape index (κ2) is 7.31. The van der Waals surface area contributed by atoms with Crippen LogP contribution in [0.5, 0.6) is 5.75 Å². The molecule has 0 N–H and O–H groups in total. The van der Waals surface area contributed by atoms with E-state index in [1.54, 1.807) is 0 Å². The number of rotatable bonds is 6. The van der Waals surface area contributed by atoms with Gasteiger partial charge >= 0.3 is 0 Å². The minimum Gasteiger partial charge on any atom is -0.493 e. The van der Waals surface area contributed by atoms with Crippen molar-refractivity contribution in [1.82, 2.24) is 0 Å². The molecular weight excluding hydrogens is 256 g/mol. The molecule has 0 atom stereocenters. The molecule has 0 unspecified atom stereocenters. The highest BCUT2D eigenvalue weighted by Crippen LogP contribution is 2.25. The van der Waals surface area contributed by atoms with Crippen molar-refractivity contribution in [3.8, 4) is 5.75 Å². The molecule has 2 aromatic rings. The molecule has 112 valence electrons. The highest BCUT2D eigenvalue weighted by molar-refractivity contribution is 5.44. The van der Waals surface area contributed by atoms with Crippen LogP contribution in [-0.4, -0.2) is 6.61 Å². The van der Waals surface area contributed by atoms with E-state index in [1.807, 2.05) is 0 Å². The average molecular weight is 282 g/mol. The number of benzene rings is 2. The molecule has 0 amide bonds. The minimum absolute atomic E-state index is 0.795. The lowest BCUT2D eigenvalue weighted by atomic mass is 9.96. The third-order valence-electron chi connectivity index (χ3n) is 4.11. The van der Waals surface area contributed by atoms with Gasteiger partial charge in [-0.1, -0.05) is 42.8 Å². The topological polar surface area (TPSA) is 9.23 Å². The Labute approximate surface area is 129 Å². The Morgan fingerprint density at radius 3 is 2.19 bits per heavy atom. The van der Waals surface area contributed by atoms with Crippen molar-refractivity contribution < 1.29 is 4.74 Å². The highest BCUT2D eigenvalue weighted by Gasteiger charge is 2.07. The van der Waals surface area contributed by atoms with Crippen molar-refractivity contribution in [3.05, 3.63) is 64.2 Å². The van der Waals surface area contributed by atoms with E-state index in [1.165, 1.54) is 27.8 Å². The summed E-state index contributed by atoms with van der Waals surface area (Å²) in [6.07, 6.45) is 3.23. The molecule has 0 saturated carbocycles. The molecule has 2 aromatic carbocycles. The normalized spacial score (nSPS) is 10.7. The summed E-state index contributed by atoms with van der Waals surface area (Å²) in [4.78, 5) is 0. The minimum atomic E-state index is 0.795. The van der Waals surface area contributed by atoms with Crippen LogP contribution >= 0.6 is 0 Å². The summed E-state index contributed by atoms with van der Waals surface area (Å²) in [5.74, 6) is 1.04. The molecule has 0 aromatic heterocycles. The van der Waals surface area contributed by atoms with Gasteiger partial charge in [0.1, 0.15) is 5.75 Å². The Morgan fingerprint density at radius 1 is 0.810 bits per heavy atom. The van der Waals surface area contributed by atoms with Crippen LogP contribution in [0.15, 0.2) is 36.4 Å². The third-order valence-corrected chi connectivity index (χ3v) is 4.11. The van der Waals surface area contributed by atoms with Gasteiger partial charge in [0, 0.05) is 0 Å². The van der Waals surface area contributed by atoms with Crippen molar-refractivity contribution in [3.63, 3.8) is 0 Å². The van der Waals surface area contributed by atoms with E-state index in [4.69, 9.17) is 4.74 Å². The van der Waals surface area contributed by atoms with Gasteiger partial charge in [0.15, 0.2) is 0 Å². The first-order valence-corrected chi connectivity index (χ1v) is 7.89. The zero-order chi connectivity index (χ0) is 15.2. The van der Waals surface area contributed by atoms with Crippen LogP contribution in [0.3, 0.4) is 0 Å². The van der Waals surface area contributed by atoms with Gasteiger partial charge in [0.2, 0.25) is 0 Å². The Bertz CT molecular complexity index is 582. The SMILES string of the molecule is CCCOc1ccc(CCc2ccc(C)cc2)c(C)c1C.